The largest absolute Gasteiger partial charge is 0.385 e. The average molecular weight is 392 g/mol. The van der Waals surface area contributed by atoms with E-state index in [0.29, 0.717) is 0 Å². The standard InChI is InChI=1S/C25H27ClN2/c1-5-27-23-13-11-19(15-17(23)3)25(21-9-7-8-10-22(21)26)20-12-14-24(28-6-2)18(4)16-20/h7-16,27H,5-6H2,1-4H3/p+1/b25-20-,28-24?. The zero-order valence-corrected chi connectivity index (χ0v) is 17.8. The van der Waals surface area contributed by atoms with Crippen LogP contribution in [0.2, 0.25) is 5.02 Å². The summed E-state index contributed by atoms with van der Waals surface area (Å²) in [5, 5.41) is 4.18. The molecule has 2 aromatic carbocycles. The first-order valence-corrected chi connectivity index (χ1v) is 10.2. The van der Waals surface area contributed by atoms with Crippen molar-refractivity contribution in [3.8, 4) is 0 Å². The minimum atomic E-state index is 0.763. The molecule has 0 atom stereocenters. The van der Waals surface area contributed by atoms with Crippen molar-refractivity contribution in [2.75, 3.05) is 18.4 Å². The summed E-state index contributed by atoms with van der Waals surface area (Å²) >= 11 is 6.61. The van der Waals surface area contributed by atoms with Crippen LogP contribution in [0.1, 0.15) is 37.5 Å². The molecule has 3 heteroatoms. The maximum atomic E-state index is 6.61. The van der Waals surface area contributed by atoms with Gasteiger partial charge in [0, 0.05) is 34.5 Å². The van der Waals surface area contributed by atoms with E-state index in [4.69, 9.17) is 11.6 Å². The molecule has 0 radical (unpaired) electrons. The summed E-state index contributed by atoms with van der Waals surface area (Å²) < 4.78 is 0. The van der Waals surface area contributed by atoms with Gasteiger partial charge in [0.25, 0.3) is 0 Å². The molecule has 144 valence electrons. The van der Waals surface area contributed by atoms with E-state index in [0.717, 1.165) is 29.2 Å². The van der Waals surface area contributed by atoms with E-state index in [1.165, 1.54) is 33.7 Å². The lowest BCUT2D eigenvalue weighted by molar-refractivity contribution is -0.451. The zero-order chi connectivity index (χ0) is 20.1. The van der Waals surface area contributed by atoms with E-state index in [-0.39, 0.29) is 0 Å². The molecule has 2 aromatic rings. The molecule has 0 bridgehead atoms. The fraction of sp³-hybridized carbons (Fsp3) is 0.240. The predicted octanol–water partition coefficient (Wildman–Crippen LogP) is 4.94. The van der Waals surface area contributed by atoms with Crippen LogP contribution in [-0.2, 0) is 0 Å². The molecule has 0 saturated heterocycles. The van der Waals surface area contributed by atoms with Gasteiger partial charge in [-0.3, -0.25) is 0 Å². The number of hydrogen-bond donors (Lipinski definition) is 2. The fourth-order valence-electron chi connectivity index (χ4n) is 3.56. The van der Waals surface area contributed by atoms with E-state index in [9.17, 15) is 0 Å². The molecule has 2 N–H and O–H groups in total. The van der Waals surface area contributed by atoms with Gasteiger partial charge in [0.2, 0.25) is 5.71 Å². The van der Waals surface area contributed by atoms with Crippen molar-refractivity contribution < 1.29 is 4.99 Å². The Bertz CT molecular complexity index is 993. The topological polar surface area (TPSA) is 26.0 Å². The van der Waals surface area contributed by atoms with Gasteiger partial charge in [-0.2, -0.15) is 0 Å². The van der Waals surface area contributed by atoms with Gasteiger partial charge in [-0.1, -0.05) is 35.9 Å². The molecule has 0 fully saturated rings. The number of benzene rings is 2. The summed E-state index contributed by atoms with van der Waals surface area (Å²) in [4.78, 5) is 3.42. The number of rotatable bonds is 5. The molecule has 2 nitrogen and oxygen atoms in total. The average Bonchev–Trinajstić information content (AvgIpc) is 2.68. The highest BCUT2D eigenvalue weighted by Crippen LogP contribution is 2.35. The maximum Gasteiger partial charge on any atom is 0.201 e. The lowest BCUT2D eigenvalue weighted by atomic mass is 9.88. The highest BCUT2D eigenvalue weighted by molar-refractivity contribution is 6.32. The minimum Gasteiger partial charge on any atom is -0.385 e. The summed E-state index contributed by atoms with van der Waals surface area (Å²) in [6.45, 7) is 10.3. The second-order valence-corrected chi connectivity index (χ2v) is 7.38. The molecular formula is C25H28ClN2+. The molecule has 0 saturated carbocycles. The number of allylic oxidation sites excluding steroid dienone is 5. The molecule has 1 aliphatic carbocycles. The molecule has 0 spiro atoms. The smallest absolute Gasteiger partial charge is 0.201 e. The lowest BCUT2D eigenvalue weighted by Crippen LogP contribution is -2.72. The van der Waals surface area contributed by atoms with E-state index in [2.05, 4.69) is 80.5 Å². The first-order chi connectivity index (χ1) is 13.5. The van der Waals surface area contributed by atoms with Gasteiger partial charge >= 0.3 is 0 Å². The van der Waals surface area contributed by atoms with Crippen LogP contribution in [-0.4, -0.2) is 18.8 Å². The van der Waals surface area contributed by atoms with Crippen LogP contribution in [0.3, 0.4) is 0 Å². The Kier molecular flexibility index (Phi) is 6.53. The molecule has 0 heterocycles. The van der Waals surface area contributed by atoms with Gasteiger partial charge < -0.3 is 5.32 Å². The van der Waals surface area contributed by atoms with Crippen LogP contribution in [0.5, 0.6) is 0 Å². The molecule has 0 aliphatic heterocycles. The predicted molar refractivity (Wildman–Crippen MR) is 122 cm³/mol. The molecule has 0 aromatic heterocycles. The first kappa shape index (κ1) is 20.2. The second kappa shape index (κ2) is 9.07. The molecule has 0 unspecified atom stereocenters. The lowest BCUT2D eigenvalue weighted by Gasteiger charge is -2.17. The van der Waals surface area contributed by atoms with Crippen LogP contribution in [0.4, 0.5) is 5.69 Å². The van der Waals surface area contributed by atoms with E-state index >= 15 is 0 Å². The first-order valence-electron chi connectivity index (χ1n) is 9.86. The third-order valence-electron chi connectivity index (χ3n) is 4.91. The van der Waals surface area contributed by atoms with Crippen LogP contribution < -0.4 is 10.3 Å². The Balaban J connectivity index is 2.21. The molecule has 1 aliphatic rings. The monoisotopic (exact) mass is 391 g/mol. The Hall–Kier alpha value is -2.58. The molecule has 28 heavy (non-hydrogen) atoms. The van der Waals surface area contributed by atoms with E-state index in [1.54, 1.807) is 0 Å². The second-order valence-electron chi connectivity index (χ2n) is 6.97. The quantitative estimate of drug-likeness (QED) is 0.741. The Labute approximate surface area is 173 Å². The fourth-order valence-corrected chi connectivity index (χ4v) is 3.79. The van der Waals surface area contributed by atoms with Gasteiger partial charge in [-0.25, -0.2) is 4.99 Å². The summed E-state index contributed by atoms with van der Waals surface area (Å²) in [6, 6.07) is 14.6. The van der Waals surface area contributed by atoms with Crippen LogP contribution in [0.15, 0.2) is 71.8 Å². The van der Waals surface area contributed by atoms with Gasteiger partial charge in [0.05, 0.1) is 0 Å². The van der Waals surface area contributed by atoms with Crippen molar-refractivity contribution in [2.45, 2.75) is 27.7 Å². The van der Waals surface area contributed by atoms with Gasteiger partial charge in [0.1, 0.15) is 6.54 Å². The summed E-state index contributed by atoms with van der Waals surface area (Å²) in [5.41, 5.74) is 9.34. The SMILES string of the molecule is CCNc1ccc(/C(=C2\C=CC(=[NH+]CC)C(C)=C2)c2ccccc2Cl)cc1C. The third-order valence-corrected chi connectivity index (χ3v) is 5.24. The van der Waals surface area contributed by atoms with Gasteiger partial charge in [0.15, 0.2) is 0 Å². The normalized spacial score (nSPS) is 16.9. The van der Waals surface area contributed by atoms with Crippen molar-refractivity contribution in [2.24, 2.45) is 0 Å². The van der Waals surface area contributed by atoms with Crippen molar-refractivity contribution in [1.29, 1.82) is 0 Å². The summed E-state index contributed by atoms with van der Waals surface area (Å²) in [7, 11) is 0. The van der Waals surface area contributed by atoms with Crippen LogP contribution in [0, 0.1) is 6.92 Å². The Morgan fingerprint density at radius 3 is 2.46 bits per heavy atom. The number of aryl methyl sites for hydroxylation is 1. The zero-order valence-electron chi connectivity index (χ0n) is 17.1. The third kappa shape index (κ3) is 4.28. The summed E-state index contributed by atoms with van der Waals surface area (Å²) in [6.07, 6.45) is 6.58. The van der Waals surface area contributed by atoms with Crippen molar-refractivity contribution in [1.82, 2.24) is 0 Å². The highest BCUT2D eigenvalue weighted by atomic mass is 35.5. The van der Waals surface area contributed by atoms with E-state index < -0.39 is 0 Å². The van der Waals surface area contributed by atoms with Crippen molar-refractivity contribution >= 4 is 28.6 Å². The number of anilines is 1. The number of hydrogen-bond acceptors (Lipinski definition) is 1. The van der Waals surface area contributed by atoms with Crippen LogP contribution in [0.25, 0.3) is 5.57 Å². The van der Waals surface area contributed by atoms with Crippen LogP contribution >= 0.6 is 11.6 Å². The molecular weight excluding hydrogens is 364 g/mol. The van der Waals surface area contributed by atoms with Crippen molar-refractivity contribution in [3.63, 3.8) is 0 Å². The van der Waals surface area contributed by atoms with Gasteiger partial charge in [-0.15, -0.1) is 0 Å². The Morgan fingerprint density at radius 2 is 1.82 bits per heavy atom. The van der Waals surface area contributed by atoms with Gasteiger partial charge in [-0.05, 0) is 80.3 Å². The number of nitrogens with one attached hydrogen (secondary N) is 2. The minimum absolute atomic E-state index is 0.763. The van der Waals surface area contributed by atoms with Crippen molar-refractivity contribution in [3.05, 3.63) is 93.6 Å². The summed E-state index contributed by atoms with van der Waals surface area (Å²) in [5.74, 6) is 0. The highest BCUT2D eigenvalue weighted by Gasteiger charge is 2.17. The number of halogens is 1. The molecule has 0 amide bonds. The Morgan fingerprint density at radius 1 is 1.04 bits per heavy atom. The maximum absolute atomic E-state index is 6.61. The van der Waals surface area contributed by atoms with E-state index in [1.807, 2.05) is 18.2 Å². The molecule has 3 rings (SSSR count).